The first-order valence-electron chi connectivity index (χ1n) is 9.01. The van der Waals surface area contributed by atoms with E-state index in [1.54, 1.807) is 0 Å². The number of halogens is 2. The normalized spacial score (nSPS) is 14.6. The lowest BCUT2D eigenvalue weighted by Gasteiger charge is -2.30. The van der Waals surface area contributed by atoms with Crippen molar-refractivity contribution in [2.24, 2.45) is 0 Å². The summed E-state index contributed by atoms with van der Waals surface area (Å²) in [5.74, 6) is 0. The fraction of sp³-hybridized carbons (Fsp3) is 0.0400. The van der Waals surface area contributed by atoms with Gasteiger partial charge in [-0.3, -0.25) is 0 Å². The Hall–Kier alpha value is -2.35. The van der Waals surface area contributed by atoms with Crippen molar-refractivity contribution >= 4 is 27.5 Å². The molecule has 0 amide bonds. The van der Waals surface area contributed by atoms with Crippen LogP contribution in [0, 0.1) is 0 Å². The molecule has 0 nitrogen and oxygen atoms in total. The van der Waals surface area contributed by atoms with Crippen molar-refractivity contribution in [3.8, 4) is 22.3 Å². The summed E-state index contributed by atoms with van der Waals surface area (Å²) in [7, 11) is 0. The molecule has 0 bridgehead atoms. The molecule has 0 fully saturated rings. The molecule has 27 heavy (non-hydrogen) atoms. The number of rotatable bonds is 0. The van der Waals surface area contributed by atoms with E-state index in [1.165, 1.54) is 44.5 Å². The van der Waals surface area contributed by atoms with Gasteiger partial charge in [0.2, 0.25) is 0 Å². The first-order valence-corrected chi connectivity index (χ1v) is 10.2. The van der Waals surface area contributed by atoms with E-state index >= 15 is 0 Å². The van der Waals surface area contributed by atoms with Crippen molar-refractivity contribution in [2.75, 3.05) is 0 Å². The number of benzene rings is 4. The van der Waals surface area contributed by atoms with Crippen LogP contribution in [-0.2, 0) is 5.41 Å². The Morgan fingerprint density at radius 3 is 1.85 bits per heavy atom. The molecule has 6 rings (SSSR count). The van der Waals surface area contributed by atoms with Gasteiger partial charge in [-0.1, -0.05) is 88.2 Å². The largest absolute Gasteiger partial charge is 0.0843 e. The van der Waals surface area contributed by atoms with Crippen LogP contribution in [0.3, 0.4) is 0 Å². The number of fused-ring (bicyclic) bond motifs is 10. The van der Waals surface area contributed by atoms with Crippen LogP contribution in [0.1, 0.15) is 22.3 Å². The van der Waals surface area contributed by atoms with Gasteiger partial charge < -0.3 is 0 Å². The third-order valence-corrected chi connectivity index (χ3v) is 6.74. The van der Waals surface area contributed by atoms with E-state index < -0.39 is 0 Å². The summed E-state index contributed by atoms with van der Waals surface area (Å²) in [6, 6.07) is 30.6. The fourth-order valence-electron chi connectivity index (χ4n) is 5.09. The van der Waals surface area contributed by atoms with Crippen molar-refractivity contribution < 1.29 is 0 Å². The highest BCUT2D eigenvalue weighted by molar-refractivity contribution is 9.10. The monoisotopic (exact) mass is 428 g/mol. The van der Waals surface area contributed by atoms with Crippen molar-refractivity contribution in [2.45, 2.75) is 5.41 Å². The number of hydrogen-bond donors (Lipinski definition) is 0. The van der Waals surface area contributed by atoms with Crippen LogP contribution in [0.4, 0.5) is 0 Å². The van der Waals surface area contributed by atoms with Crippen LogP contribution in [-0.4, -0.2) is 0 Å². The number of hydrogen-bond acceptors (Lipinski definition) is 0. The van der Waals surface area contributed by atoms with Crippen molar-refractivity contribution in [1.82, 2.24) is 0 Å². The van der Waals surface area contributed by atoms with Gasteiger partial charge in [-0.2, -0.15) is 0 Å². The van der Waals surface area contributed by atoms with E-state index in [1.807, 2.05) is 6.07 Å². The van der Waals surface area contributed by atoms with E-state index in [9.17, 15) is 0 Å². The van der Waals surface area contributed by atoms with Crippen LogP contribution in [0.15, 0.2) is 89.4 Å². The Labute approximate surface area is 171 Å². The van der Waals surface area contributed by atoms with Crippen LogP contribution >= 0.6 is 27.5 Å². The summed E-state index contributed by atoms with van der Waals surface area (Å²) in [6.45, 7) is 0. The Bertz CT molecular complexity index is 1210. The average Bonchev–Trinajstić information content (AvgIpc) is 3.14. The maximum Gasteiger partial charge on any atom is 0.0725 e. The molecule has 0 heterocycles. The molecular weight excluding hydrogens is 416 g/mol. The second-order valence-electron chi connectivity index (χ2n) is 7.22. The van der Waals surface area contributed by atoms with Crippen molar-refractivity contribution in [3.63, 3.8) is 0 Å². The van der Waals surface area contributed by atoms with Gasteiger partial charge in [-0.15, -0.1) is 0 Å². The molecule has 0 atom stereocenters. The Morgan fingerprint density at radius 1 is 0.556 bits per heavy atom. The third-order valence-electron chi connectivity index (χ3n) is 6.01. The summed E-state index contributed by atoms with van der Waals surface area (Å²) < 4.78 is 1.10. The maximum atomic E-state index is 6.41. The van der Waals surface area contributed by atoms with Gasteiger partial charge in [0.05, 0.1) is 5.41 Å². The van der Waals surface area contributed by atoms with Gasteiger partial charge in [0.1, 0.15) is 0 Å². The highest BCUT2D eigenvalue weighted by Crippen LogP contribution is 2.63. The van der Waals surface area contributed by atoms with Gasteiger partial charge in [-0.25, -0.2) is 0 Å². The molecule has 2 aliphatic carbocycles. The summed E-state index contributed by atoms with van der Waals surface area (Å²) in [5, 5.41) is 0.777. The predicted molar refractivity (Wildman–Crippen MR) is 115 cm³/mol. The quantitative estimate of drug-likeness (QED) is 0.235. The molecule has 128 valence electrons. The topological polar surface area (TPSA) is 0 Å². The van der Waals surface area contributed by atoms with Crippen LogP contribution in [0.5, 0.6) is 0 Å². The zero-order valence-corrected chi connectivity index (χ0v) is 16.7. The summed E-state index contributed by atoms with van der Waals surface area (Å²) >= 11 is 10.1. The van der Waals surface area contributed by atoms with Gasteiger partial charge in [-0.05, 0) is 68.8 Å². The van der Waals surface area contributed by atoms with E-state index in [-0.39, 0.29) is 5.41 Å². The summed E-state index contributed by atoms with van der Waals surface area (Å²) in [6.07, 6.45) is 0. The molecule has 2 aliphatic rings. The Balaban J connectivity index is 1.87. The van der Waals surface area contributed by atoms with Crippen molar-refractivity contribution in [3.05, 3.63) is 117 Å². The minimum Gasteiger partial charge on any atom is -0.0843 e. The first-order chi connectivity index (χ1) is 13.2. The molecule has 0 aromatic heterocycles. The van der Waals surface area contributed by atoms with Gasteiger partial charge in [0.25, 0.3) is 0 Å². The zero-order chi connectivity index (χ0) is 18.2. The molecule has 0 unspecified atom stereocenters. The van der Waals surface area contributed by atoms with E-state index in [2.05, 4.69) is 94.8 Å². The lowest BCUT2D eigenvalue weighted by molar-refractivity contribution is 0.793. The highest BCUT2D eigenvalue weighted by Gasteiger charge is 2.51. The molecule has 0 saturated heterocycles. The minimum atomic E-state index is -0.285. The van der Waals surface area contributed by atoms with Crippen molar-refractivity contribution in [1.29, 1.82) is 0 Å². The molecule has 0 aliphatic heterocycles. The standard InChI is InChI=1S/C25H14BrCl/c26-15-9-11-19-20-14-16(27)10-12-23(20)25(24(19)13-15)21-7-3-1-5-17(21)18-6-2-4-8-22(18)25/h1-14H. The van der Waals surface area contributed by atoms with Gasteiger partial charge in [0.15, 0.2) is 0 Å². The summed E-state index contributed by atoms with van der Waals surface area (Å²) in [5.41, 5.74) is 10.2. The van der Waals surface area contributed by atoms with Gasteiger partial charge in [0, 0.05) is 9.50 Å². The molecule has 0 N–H and O–H groups in total. The molecule has 4 aromatic rings. The molecule has 1 spiro atoms. The molecular formula is C25H14BrCl. The smallest absolute Gasteiger partial charge is 0.0725 e. The minimum absolute atomic E-state index is 0.285. The third kappa shape index (κ3) is 1.84. The van der Waals surface area contributed by atoms with E-state index in [0.29, 0.717) is 0 Å². The van der Waals surface area contributed by atoms with E-state index in [4.69, 9.17) is 11.6 Å². The summed E-state index contributed by atoms with van der Waals surface area (Å²) in [4.78, 5) is 0. The van der Waals surface area contributed by atoms with E-state index in [0.717, 1.165) is 9.50 Å². The second-order valence-corrected chi connectivity index (χ2v) is 8.57. The SMILES string of the molecule is Clc1ccc2c(c1)-c1ccc(Br)cc1C21c2ccccc2-c2ccccc21. The fourth-order valence-corrected chi connectivity index (χ4v) is 5.62. The molecule has 0 saturated carbocycles. The molecule has 2 heteroatoms. The molecule has 4 aromatic carbocycles. The van der Waals surface area contributed by atoms with Crippen LogP contribution in [0.2, 0.25) is 5.02 Å². The predicted octanol–water partition coefficient (Wildman–Crippen LogP) is 7.45. The lowest BCUT2D eigenvalue weighted by Crippen LogP contribution is -2.25. The Kier molecular flexibility index (Phi) is 3.10. The first kappa shape index (κ1) is 15.7. The highest BCUT2D eigenvalue weighted by atomic mass is 79.9. The second kappa shape index (κ2) is 5.34. The molecule has 0 radical (unpaired) electrons. The zero-order valence-electron chi connectivity index (χ0n) is 14.3. The van der Waals surface area contributed by atoms with Crippen LogP contribution in [0.25, 0.3) is 22.3 Å². The maximum absolute atomic E-state index is 6.41. The Morgan fingerprint density at radius 2 is 1.15 bits per heavy atom. The average molecular weight is 430 g/mol. The lowest BCUT2D eigenvalue weighted by atomic mass is 9.70. The van der Waals surface area contributed by atoms with Gasteiger partial charge >= 0.3 is 0 Å². The van der Waals surface area contributed by atoms with Crippen LogP contribution < -0.4 is 0 Å².